The zero-order valence-corrected chi connectivity index (χ0v) is 13.0. The number of nitrogens with one attached hydrogen (secondary N) is 1. The number of hydrogen-bond acceptors (Lipinski definition) is 3. The summed E-state index contributed by atoms with van der Waals surface area (Å²) in [4.78, 5) is 14.7. The number of carbonyl (C=O) groups excluding carboxylic acids is 1. The van der Waals surface area contributed by atoms with E-state index in [4.69, 9.17) is 0 Å². The summed E-state index contributed by atoms with van der Waals surface area (Å²) in [6.45, 7) is 4.36. The highest BCUT2D eigenvalue weighted by atomic mass is 19.4. The van der Waals surface area contributed by atoms with Crippen LogP contribution in [0.25, 0.3) is 0 Å². The lowest BCUT2D eigenvalue weighted by Crippen LogP contribution is -2.05. The highest BCUT2D eigenvalue weighted by Gasteiger charge is 2.30. The van der Waals surface area contributed by atoms with Gasteiger partial charge in [0, 0.05) is 11.9 Å². The highest BCUT2D eigenvalue weighted by molar-refractivity contribution is 5.83. The number of aromatic nitrogens is 1. The summed E-state index contributed by atoms with van der Waals surface area (Å²) in [5.74, 6) is 0.219. The van der Waals surface area contributed by atoms with E-state index >= 15 is 0 Å². The molecule has 0 atom stereocenters. The van der Waals surface area contributed by atoms with Crippen LogP contribution in [0.5, 0.6) is 0 Å². The van der Waals surface area contributed by atoms with E-state index < -0.39 is 11.7 Å². The molecule has 0 aliphatic rings. The van der Waals surface area contributed by atoms with Crippen molar-refractivity contribution in [2.45, 2.75) is 32.9 Å². The number of benzene rings is 1. The maximum Gasteiger partial charge on any atom is 0.416 e. The average molecular weight is 324 g/mol. The second kappa shape index (κ2) is 8.92. The first-order valence-electron chi connectivity index (χ1n) is 7.26. The number of rotatable bonds is 4. The summed E-state index contributed by atoms with van der Waals surface area (Å²) < 4.78 is 37.7. The van der Waals surface area contributed by atoms with Crippen LogP contribution in [0.15, 0.2) is 42.6 Å². The molecule has 0 saturated carbocycles. The fraction of sp³-hybridized carbons (Fsp3) is 0.294. The number of hydrogen-bond donors (Lipinski definition) is 1. The SMILES string of the molecule is CCCC.O=Cc1cccnc1Nc1cccc(C(F)(F)F)c1. The molecule has 6 heteroatoms. The summed E-state index contributed by atoms with van der Waals surface area (Å²) in [7, 11) is 0. The zero-order chi connectivity index (χ0) is 17.3. The summed E-state index contributed by atoms with van der Waals surface area (Å²) in [6, 6.07) is 7.79. The molecule has 0 fully saturated rings. The second-order valence-corrected chi connectivity index (χ2v) is 4.76. The van der Waals surface area contributed by atoms with Gasteiger partial charge in [-0.15, -0.1) is 0 Å². The first kappa shape index (κ1) is 18.7. The maximum atomic E-state index is 12.6. The molecule has 0 spiro atoms. The molecular weight excluding hydrogens is 305 g/mol. The van der Waals surface area contributed by atoms with Gasteiger partial charge in [-0.3, -0.25) is 4.79 Å². The number of aldehydes is 1. The predicted molar refractivity (Wildman–Crippen MR) is 84.9 cm³/mol. The quantitative estimate of drug-likeness (QED) is 0.759. The van der Waals surface area contributed by atoms with E-state index in [1.165, 1.54) is 37.2 Å². The monoisotopic (exact) mass is 324 g/mol. The van der Waals surface area contributed by atoms with Gasteiger partial charge < -0.3 is 5.32 Å². The van der Waals surface area contributed by atoms with Crippen molar-refractivity contribution in [2.75, 3.05) is 5.32 Å². The molecule has 0 radical (unpaired) electrons. The van der Waals surface area contributed by atoms with Gasteiger partial charge in [-0.05, 0) is 30.3 Å². The lowest BCUT2D eigenvalue weighted by atomic mass is 10.2. The number of halogens is 3. The Bertz CT molecular complexity index is 625. The Hall–Kier alpha value is -2.37. The molecule has 0 saturated heterocycles. The van der Waals surface area contributed by atoms with Crippen molar-refractivity contribution in [3.05, 3.63) is 53.7 Å². The first-order valence-corrected chi connectivity index (χ1v) is 7.26. The third-order valence-corrected chi connectivity index (χ3v) is 2.92. The Morgan fingerprint density at radius 2 is 1.83 bits per heavy atom. The van der Waals surface area contributed by atoms with Crippen molar-refractivity contribution in [3.8, 4) is 0 Å². The smallest absolute Gasteiger partial charge is 0.340 e. The van der Waals surface area contributed by atoms with Crippen LogP contribution in [0, 0.1) is 0 Å². The van der Waals surface area contributed by atoms with E-state index in [1.54, 1.807) is 6.07 Å². The number of nitrogens with zero attached hydrogens (tertiary/aromatic N) is 1. The molecule has 2 aromatic rings. The zero-order valence-electron chi connectivity index (χ0n) is 13.0. The molecule has 1 heterocycles. The van der Waals surface area contributed by atoms with Gasteiger partial charge in [-0.1, -0.05) is 32.8 Å². The van der Waals surface area contributed by atoms with Crippen molar-refractivity contribution >= 4 is 17.8 Å². The molecule has 23 heavy (non-hydrogen) atoms. The van der Waals surface area contributed by atoms with E-state index in [9.17, 15) is 18.0 Å². The van der Waals surface area contributed by atoms with Crippen molar-refractivity contribution in [1.29, 1.82) is 0 Å². The first-order chi connectivity index (χ1) is 10.9. The Morgan fingerprint density at radius 1 is 1.13 bits per heavy atom. The van der Waals surface area contributed by atoms with Gasteiger partial charge in [0.15, 0.2) is 6.29 Å². The number of alkyl halides is 3. The molecule has 0 aliphatic heterocycles. The number of pyridine rings is 1. The van der Waals surface area contributed by atoms with Gasteiger partial charge in [-0.25, -0.2) is 4.98 Å². The predicted octanol–water partition coefficient (Wildman–Crippen LogP) is 5.46. The highest BCUT2D eigenvalue weighted by Crippen LogP contribution is 2.31. The fourth-order valence-corrected chi connectivity index (χ4v) is 1.53. The van der Waals surface area contributed by atoms with Crippen LogP contribution in [0.1, 0.15) is 42.6 Å². The van der Waals surface area contributed by atoms with Gasteiger partial charge in [0.05, 0.1) is 11.1 Å². The Kier molecular flexibility index (Phi) is 7.25. The summed E-state index contributed by atoms with van der Waals surface area (Å²) >= 11 is 0. The van der Waals surface area contributed by atoms with Crippen LogP contribution in [-0.4, -0.2) is 11.3 Å². The number of unbranched alkanes of at least 4 members (excludes halogenated alkanes) is 1. The molecule has 1 aromatic carbocycles. The van der Waals surface area contributed by atoms with Crippen LogP contribution < -0.4 is 5.32 Å². The van der Waals surface area contributed by atoms with E-state index in [-0.39, 0.29) is 17.1 Å². The van der Waals surface area contributed by atoms with Gasteiger partial charge in [0.25, 0.3) is 0 Å². The van der Waals surface area contributed by atoms with Gasteiger partial charge in [0.2, 0.25) is 0 Å². The normalized spacial score (nSPS) is 10.5. The molecule has 0 amide bonds. The van der Waals surface area contributed by atoms with E-state index in [2.05, 4.69) is 24.1 Å². The van der Waals surface area contributed by atoms with Crippen molar-refractivity contribution in [2.24, 2.45) is 0 Å². The van der Waals surface area contributed by atoms with Crippen molar-refractivity contribution in [1.82, 2.24) is 4.98 Å². The third kappa shape index (κ3) is 6.10. The Balaban J connectivity index is 0.000000593. The average Bonchev–Trinajstić information content (AvgIpc) is 2.55. The molecule has 3 nitrogen and oxygen atoms in total. The lowest BCUT2D eigenvalue weighted by molar-refractivity contribution is -0.137. The number of carbonyl (C=O) groups is 1. The lowest BCUT2D eigenvalue weighted by Gasteiger charge is -2.11. The van der Waals surface area contributed by atoms with E-state index in [0.29, 0.717) is 6.29 Å². The minimum Gasteiger partial charge on any atom is -0.340 e. The van der Waals surface area contributed by atoms with Gasteiger partial charge in [-0.2, -0.15) is 13.2 Å². The summed E-state index contributed by atoms with van der Waals surface area (Å²) in [6.07, 6.45) is 0.265. The van der Waals surface area contributed by atoms with Crippen LogP contribution >= 0.6 is 0 Å². The standard InChI is InChI=1S/C13H9F3N2O.C4H10/c14-13(15,16)10-4-1-5-11(7-10)18-12-9(8-19)3-2-6-17-12;1-3-4-2/h1-8H,(H,17,18);3-4H2,1-2H3. The summed E-state index contributed by atoms with van der Waals surface area (Å²) in [5, 5.41) is 2.69. The maximum absolute atomic E-state index is 12.6. The third-order valence-electron chi connectivity index (χ3n) is 2.92. The molecule has 124 valence electrons. The summed E-state index contributed by atoms with van der Waals surface area (Å²) in [5.41, 5.74) is -0.266. The fourth-order valence-electron chi connectivity index (χ4n) is 1.53. The topological polar surface area (TPSA) is 42.0 Å². The largest absolute Gasteiger partial charge is 0.416 e. The second-order valence-electron chi connectivity index (χ2n) is 4.76. The molecule has 1 N–H and O–H groups in total. The molecule has 0 aliphatic carbocycles. The number of anilines is 2. The van der Waals surface area contributed by atoms with Gasteiger partial charge >= 0.3 is 6.18 Å². The van der Waals surface area contributed by atoms with Crippen LogP contribution in [-0.2, 0) is 6.18 Å². The molecule has 1 aromatic heterocycles. The van der Waals surface area contributed by atoms with E-state index in [1.807, 2.05) is 0 Å². The minimum absolute atomic E-state index is 0.219. The van der Waals surface area contributed by atoms with Crippen LogP contribution in [0.2, 0.25) is 0 Å². The van der Waals surface area contributed by atoms with Crippen LogP contribution in [0.3, 0.4) is 0 Å². The van der Waals surface area contributed by atoms with Crippen molar-refractivity contribution in [3.63, 3.8) is 0 Å². The Labute approximate surface area is 133 Å². The molecule has 0 unspecified atom stereocenters. The van der Waals surface area contributed by atoms with Crippen LogP contribution in [0.4, 0.5) is 24.7 Å². The Morgan fingerprint density at radius 3 is 2.39 bits per heavy atom. The molecular formula is C17H19F3N2O. The van der Waals surface area contributed by atoms with Gasteiger partial charge in [0.1, 0.15) is 5.82 Å². The van der Waals surface area contributed by atoms with E-state index in [0.717, 1.165) is 12.1 Å². The molecule has 2 rings (SSSR count). The molecule has 0 bridgehead atoms. The van der Waals surface area contributed by atoms with Crippen molar-refractivity contribution < 1.29 is 18.0 Å². The minimum atomic E-state index is -4.41.